The van der Waals surface area contributed by atoms with Crippen LogP contribution in [0.5, 0.6) is 0 Å². The molecule has 4 heteroatoms. The van der Waals surface area contributed by atoms with Crippen molar-refractivity contribution in [1.29, 1.82) is 0 Å². The normalized spacial score (nSPS) is 14.1. The van der Waals surface area contributed by atoms with Gasteiger partial charge in [-0.2, -0.15) is 0 Å². The highest BCUT2D eigenvalue weighted by atomic mass is 16.3. The van der Waals surface area contributed by atoms with E-state index in [1.165, 1.54) is 11.1 Å². The Bertz CT molecular complexity index is 415. The van der Waals surface area contributed by atoms with E-state index in [2.05, 4.69) is 36.3 Å². The summed E-state index contributed by atoms with van der Waals surface area (Å²) in [6, 6.07) is 4.31. The first kappa shape index (κ1) is 11.1. The third kappa shape index (κ3) is 1.93. The topological polar surface area (TPSA) is 48.2 Å². The van der Waals surface area contributed by atoms with Crippen LogP contribution in [0.3, 0.4) is 0 Å². The molecule has 0 atom stereocenters. The number of nitrogens with zero attached hydrogens (tertiary/aromatic N) is 3. The largest absolute Gasteiger partial charge is 0.375 e. The average molecular weight is 219 g/mol. The molecule has 86 valence electrons. The van der Waals surface area contributed by atoms with Crippen molar-refractivity contribution in [1.82, 2.24) is 5.01 Å². The molecule has 0 amide bonds. The van der Waals surface area contributed by atoms with E-state index in [1.807, 2.05) is 0 Å². The van der Waals surface area contributed by atoms with Gasteiger partial charge in [-0.3, -0.25) is 0 Å². The van der Waals surface area contributed by atoms with Gasteiger partial charge in [0.2, 0.25) is 0 Å². The van der Waals surface area contributed by atoms with Crippen molar-refractivity contribution in [3.8, 4) is 0 Å². The van der Waals surface area contributed by atoms with Gasteiger partial charge in [0.25, 0.3) is 0 Å². The lowest BCUT2D eigenvalue weighted by molar-refractivity contribution is 0.0928. The van der Waals surface area contributed by atoms with Crippen LogP contribution >= 0.6 is 0 Å². The molecule has 1 aromatic carbocycles. The predicted molar refractivity (Wildman–Crippen MR) is 62.3 cm³/mol. The molecular formula is C12H17N3O. The number of hydrogen-bond donors (Lipinski definition) is 1. The van der Waals surface area contributed by atoms with Crippen molar-refractivity contribution in [2.24, 2.45) is 10.3 Å². The summed E-state index contributed by atoms with van der Waals surface area (Å²) in [5.41, 5.74) is 4.81. The van der Waals surface area contributed by atoms with Crippen molar-refractivity contribution in [3.63, 3.8) is 0 Å². The lowest BCUT2D eigenvalue weighted by Gasteiger charge is -2.21. The second-order valence-electron chi connectivity index (χ2n) is 3.95. The van der Waals surface area contributed by atoms with Crippen LogP contribution in [0.2, 0.25) is 0 Å². The van der Waals surface area contributed by atoms with E-state index < -0.39 is 0 Å². The minimum absolute atomic E-state index is 0.0834. The summed E-state index contributed by atoms with van der Waals surface area (Å²) in [5.74, 6) is 0. The SMILES string of the molecule is CCc1cc2c(cc1CC)N=NN(CO)C2. The zero-order chi connectivity index (χ0) is 11.5. The van der Waals surface area contributed by atoms with Crippen LogP contribution in [0.15, 0.2) is 22.5 Å². The summed E-state index contributed by atoms with van der Waals surface area (Å²) >= 11 is 0. The van der Waals surface area contributed by atoms with Gasteiger partial charge in [-0.25, -0.2) is 5.01 Å². The maximum Gasteiger partial charge on any atom is 0.133 e. The molecule has 4 nitrogen and oxygen atoms in total. The summed E-state index contributed by atoms with van der Waals surface area (Å²) in [6.07, 6.45) is 2.06. The summed E-state index contributed by atoms with van der Waals surface area (Å²) in [7, 11) is 0. The van der Waals surface area contributed by atoms with E-state index in [-0.39, 0.29) is 6.73 Å². The summed E-state index contributed by atoms with van der Waals surface area (Å²) in [5, 5.41) is 18.6. The fourth-order valence-electron chi connectivity index (χ4n) is 2.02. The van der Waals surface area contributed by atoms with Gasteiger partial charge in [0.1, 0.15) is 6.73 Å². The molecule has 1 aliphatic rings. The number of rotatable bonds is 3. The van der Waals surface area contributed by atoms with Gasteiger partial charge in [-0.1, -0.05) is 25.1 Å². The number of aryl methyl sites for hydroxylation is 2. The van der Waals surface area contributed by atoms with Gasteiger partial charge in [0.15, 0.2) is 0 Å². The van der Waals surface area contributed by atoms with Gasteiger partial charge in [0, 0.05) is 5.56 Å². The van der Waals surface area contributed by atoms with Crippen molar-refractivity contribution in [2.45, 2.75) is 33.2 Å². The zero-order valence-electron chi connectivity index (χ0n) is 9.77. The quantitative estimate of drug-likeness (QED) is 0.849. The maximum absolute atomic E-state index is 9.02. The molecule has 1 heterocycles. The molecule has 1 N–H and O–H groups in total. The van der Waals surface area contributed by atoms with Crippen molar-refractivity contribution in [3.05, 3.63) is 28.8 Å². The first-order valence-electron chi connectivity index (χ1n) is 5.70. The highest BCUT2D eigenvalue weighted by molar-refractivity contribution is 5.52. The third-order valence-electron chi connectivity index (χ3n) is 2.96. The minimum Gasteiger partial charge on any atom is -0.375 e. The predicted octanol–water partition coefficient (Wildman–Crippen LogP) is 2.58. The molecule has 2 rings (SSSR count). The monoisotopic (exact) mass is 219 g/mol. The lowest BCUT2D eigenvalue weighted by atomic mass is 9.98. The Morgan fingerprint density at radius 3 is 2.56 bits per heavy atom. The first-order valence-corrected chi connectivity index (χ1v) is 5.70. The van der Waals surface area contributed by atoms with Crippen LogP contribution in [-0.2, 0) is 19.4 Å². The molecule has 0 bridgehead atoms. The smallest absolute Gasteiger partial charge is 0.133 e. The van der Waals surface area contributed by atoms with Crippen LogP contribution < -0.4 is 0 Å². The zero-order valence-corrected chi connectivity index (χ0v) is 9.77. The summed E-state index contributed by atoms with van der Waals surface area (Å²) < 4.78 is 0. The van der Waals surface area contributed by atoms with Gasteiger partial charge in [-0.15, -0.1) is 5.11 Å². The van der Waals surface area contributed by atoms with Crippen LogP contribution in [0, 0.1) is 0 Å². The Morgan fingerprint density at radius 1 is 1.25 bits per heavy atom. The Morgan fingerprint density at radius 2 is 1.94 bits per heavy atom. The van der Waals surface area contributed by atoms with Gasteiger partial charge < -0.3 is 5.11 Å². The molecule has 1 aliphatic heterocycles. The molecule has 0 radical (unpaired) electrons. The van der Waals surface area contributed by atoms with Crippen molar-refractivity contribution >= 4 is 5.69 Å². The summed E-state index contributed by atoms with van der Waals surface area (Å²) in [4.78, 5) is 0. The minimum atomic E-state index is -0.0834. The number of aliphatic hydroxyl groups is 1. The van der Waals surface area contributed by atoms with E-state index in [0.717, 1.165) is 24.1 Å². The van der Waals surface area contributed by atoms with Crippen molar-refractivity contribution < 1.29 is 5.11 Å². The standard InChI is InChI=1S/C12H17N3O/c1-3-9-5-11-7-15(8-16)14-13-12(11)6-10(9)4-2/h5-6,16H,3-4,7-8H2,1-2H3. The molecule has 0 aliphatic carbocycles. The van der Waals surface area contributed by atoms with Crippen LogP contribution in [0.4, 0.5) is 5.69 Å². The Hall–Kier alpha value is -1.42. The third-order valence-corrected chi connectivity index (χ3v) is 2.96. The summed E-state index contributed by atoms with van der Waals surface area (Å²) in [6.45, 7) is 4.88. The number of benzene rings is 1. The van der Waals surface area contributed by atoms with E-state index >= 15 is 0 Å². The second kappa shape index (κ2) is 4.61. The molecule has 0 spiro atoms. The van der Waals surface area contributed by atoms with Crippen LogP contribution in [0.1, 0.15) is 30.5 Å². The van der Waals surface area contributed by atoms with Gasteiger partial charge >= 0.3 is 0 Å². The fraction of sp³-hybridized carbons (Fsp3) is 0.500. The molecule has 0 unspecified atom stereocenters. The van der Waals surface area contributed by atoms with Crippen LogP contribution in [-0.4, -0.2) is 16.8 Å². The molecule has 0 saturated carbocycles. The molecular weight excluding hydrogens is 202 g/mol. The van der Waals surface area contributed by atoms with Gasteiger partial charge in [0.05, 0.1) is 12.2 Å². The Balaban J connectivity index is 2.40. The molecule has 1 aromatic rings. The maximum atomic E-state index is 9.02. The molecule has 0 saturated heterocycles. The number of aliphatic hydroxyl groups excluding tert-OH is 1. The van der Waals surface area contributed by atoms with E-state index in [0.29, 0.717) is 6.54 Å². The highest BCUT2D eigenvalue weighted by Crippen LogP contribution is 2.29. The molecule has 16 heavy (non-hydrogen) atoms. The van der Waals surface area contributed by atoms with E-state index in [4.69, 9.17) is 5.11 Å². The first-order chi connectivity index (χ1) is 7.78. The van der Waals surface area contributed by atoms with Crippen LogP contribution in [0.25, 0.3) is 0 Å². The number of fused-ring (bicyclic) bond motifs is 1. The van der Waals surface area contributed by atoms with E-state index in [1.54, 1.807) is 5.01 Å². The molecule has 0 fully saturated rings. The van der Waals surface area contributed by atoms with Gasteiger partial charge in [-0.05, 0) is 30.0 Å². The fourth-order valence-corrected chi connectivity index (χ4v) is 2.02. The molecule has 0 aromatic heterocycles. The lowest BCUT2D eigenvalue weighted by Crippen LogP contribution is -2.19. The number of hydrogen-bond acceptors (Lipinski definition) is 4. The van der Waals surface area contributed by atoms with E-state index in [9.17, 15) is 0 Å². The highest BCUT2D eigenvalue weighted by Gasteiger charge is 2.14. The Kier molecular flexibility index (Phi) is 3.19. The second-order valence-corrected chi connectivity index (χ2v) is 3.95. The Labute approximate surface area is 95.6 Å². The van der Waals surface area contributed by atoms with Crippen molar-refractivity contribution in [2.75, 3.05) is 6.73 Å². The average Bonchev–Trinajstić information content (AvgIpc) is 2.36.